The third-order valence-electron chi connectivity index (χ3n) is 4.54. The quantitative estimate of drug-likeness (QED) is 0.848. The smallest absolute Gasteiger partial charge is 0.185 e. The van der Waals surface area contributed by atoms with Crippen molar-refractivity contribution in [1.82, 2.24) is 9.88 Å². The number of piperidine rings is 1. The highest BCUT2D eigenvalue weighted by Crippen LogP contribution is 2.38. The summed E-state index contributed by atoms with van der Waals surface area (Å²) in [5, 5.41) is 1.19. The largest absolute Gasteiger partial charge is 0.354 e. The van der Waals surface area contributed by atoms with Gasteiger partial charge in [-0.2, -0.15) is 0 Å². The maximum Gasteiger partial charge on any atom is 0.185 e. The first kappa shape index (κ1) is 13.4. The molecule has 2 heterocycles. The van der Waals surface area contributed by atoms with Gasteiger partial charge in [0.15, 0.2) is 5.13 Å². The van der Waals surface area contributed by atoms with Crippen molar-refractivity contribution in [3.05, 3.63) is 10.6 Å². The molecule has 1 fully saturated rings. The van der Waals surface area contributed by atoms with E-state index in [2.05, 4.69) is 30.8 Å². The van der Waals surface area contributed by atoms with Crippen LogP contribution in [0.2, 0.25) is 0 Å². The van der Waals surface area contributed by atoms with Crippen LogP contribution >= 0.6 is 11.3 Å². The van der Waals surface area contributed by atoms with E-state index in [1.54, 1.807) is 4.88 Å². The topological polar surface area (TPSA) is 19.4 Å². The van der Waals surface area contributed by atoms with Gasteiger partial charge < -0.3 is 4.90 Å². The summed E-state index contributed by atoms with van der Waals surface area (Å²) in [7, 11) is 4.20. The van der Waals surface area contributed by atoms with Crippen LogP contribution < -0.4 is 4.90 Å². The molecule has 1 aliphatic carbocycles. The van der Waals surface area contributed by atoms with Crippen LogP contribution in [-0.4, -0.2) is 43.1 Å². The molecule has 0 spiro atoms. The molecule has 1 aromatic rings. The molecule has 0 radical (unpaired) electrons. The van der Waals surface area contributed by atoms with Crippen LogP contribution in [0.5, 0.6) is 0 Å². The third kappa shape index (κ3) is 2.52. The number of rotatable bonds is 3. The van der Waals surface area contributed by atoms with Crippen molar-refractivity contribution >= 4 is 16.5 Å². The fourth-order valence-electron chi connectivity index (χ4n) is 3.63. The van der Waals surface area contributed by atoms with Crippen molar-refractivity contribution < 1.29 is 0 Å². The summed E-state index contributed by atoms with van der Waals surface area (Å²) in [6.07, 6.45) is 6.51. The molecule has 106 valence electrons. The first-order chi connectivity index (χ1) is 9.19. The zero-order valence-electron chi connectivity index (χ0n) is 12.4. The van der Waals surface area contributed by atoms with Crippen LogP contribution in [-0.2, 0) is 12.8 Å². The lowest BCUT2D eigenvalue weighted by Gasteiger charge is -2.43. The van der Waals surface area contributed by atoms with Crippen molar-refractivity contribution in [3.63, 3.8) is 0 Å². The predicted molar refractivity (Wildman–Crippen MR) is 82.2 cm³/mol. The minimum atomic E-state index is 0.789. The maximum absolute atomic E-state index is 4.84. The Balaban J connectivity index is 1.82. The Hall–Kier alpha value is -0.610. The summed E-state index contributed by atoms with van der Waals surface area (Å²) >= 11 is 1.91. The van der Waals surface area contributed by atoms with Gasteiger partial charge in [-0.25, -0.2) is 4.98 Å². The van der Waals surface area contributed by atoms with E-state index in [1.807, 2.05) is 11.3 Å². The minimum absolute atomic E-state index is 0.789. The van der Waals surface area contributed by atoms with Gasteiger partial charge in [-0.15, -0.1) is 11.3 Å². The molecule has 1 aliphatic heterocycles. The molecule has 1 aromatic heterocycles. The van der Waals surface area contributed by atoms with Crippen molar-refractivity contribution in [2.75, 3.05) is 32.1 Å². The summed E-state index contributed by atoms with van der Waals surface area (Å²) in [6.45, 7) is 4.88. The zero-order chi connectivity index (χ0) is 13.4. The molecule has 2 aliphatic rings. The van der Waals surface area contributed by atoms with Gasteiger partial charge in [0.2, 0.25) is 0 Å². The summed E-state index contributed by atoms with van der Waals surface area (Å²) in [5.74, 6) is 0.852. The van der Waals surface area contributed by atoms with E-state index in [1.165, 1.54) is 56.0 Å². The van der Waals surface area contributed by atoms with E-state index in [0.717, 1.165) is 12.0 Å². The number of nitrogens with zero attached hydrogens (tertiary/aromatic N) is 3. The lowest BCUT2D eigenvalue weighted by molar-refractivity contribution is 0.0857. The first-order valence-corrected chi connectivity index (χ1v) is 8.40. The minimum Gasteiger partial charge on any atom is -0.354 e. The fraction of sp³-hybridized carbons (Fsp3) is 0.800. The van der Waals surface area contributed by atoms with Crippen molar-refractivity contribution in [2.45, 2.75) is 45.1 Å². The number of aromatic nitrogens is 1. The molecule has 0 aromatic carbocycles. The number of fused-ring (bicyclic) bond motifs is 2. The molecule has 0 N–H and O–H groups in total. The molecule has 0 saturated carbocycles. The van der Waals surface area contributed by atoms with Crippen molar-refractivity contribution in [2.24, 2.45) is 5.92 Å². The third-order valence-corrected chi connectivity index (χ3v) is 5.83. The Kier molecular flexibility index (Phi) is 3.81. The van der Waals surface area contributed by atoms with Gasteiger partial charge in [0.05, 0.1) is 5.69 Å². The Morgan fingerprint density at radius 1 is 1.37 bits per heavy atom. The average Bonchev–Trinajstić information content (AvgIpc) is 2.80. The van der Waals surface area contributed by atoms with E-state index in [0.29, 0.717) is 0 Å². The van der Waals surface area contributed by atoms with E-state index < -0.39 is 0 Å². The summed E-state index contributed by atoms with van der Waals surface area (Å²) in [4.78, 5) is 11.3. The predicted octanol–water partition coefficient (Wildman–Crippen LogP) is 2.80. The molecule has 0 bridgehead atoms. The van der Waals surface area contributed by atoms with Crippen LogP contribution in [0.1, 0.15) is 36.8 Å². The van der Waals surface area contributed by atoms with Crippen LogP contribution in [0.4, 0.5) is 5.13 Å². The highest BCUT2D eigenvalue weighted by Gasteiger charge is 2.36. The second-order valence-corrected chi connectivity index (χ2v) is 7.24. The normalized spacial score (nSPS) is 26.9. The van der Waals surface area contributed by atoms with Gasteiger partial charge in [0, 0.05) is 25.0 Å². The van der Waals surface area contributed by atoms with Gasteiger partial charge in [-0.05, 0) is 51.1 Å². The number of anilines is 1. The van der Waals surface area contributed by atoms with Crippen LogP contribution in [0, 0.1) is 5.92 Å². The molecule has 1 saturated heterocycles. The number of likely N-dealkylation sites (tertiary alicyclic amines) is 1. The molecule has 0 unspecified atom stereocenters. The number of hydrogen-bond acceptors (Lipinski definition) is 4. The summed E-state index contributed by atoms with van der Waals surface area (Å²) < 4.78 is 0. The monoisotopic (exact) mass is 279 g/mol. The van der Waals surface area contributed by atoms with Gasteiger partial charge in [-0.3, -0.25) is 4.90 Å². The van der Waals surface area contributed by atoms with E-state index in [-0.39, 0.29) is 0 Å². The molecule has 2 atom stereocenters. The molecule has 3 rings (SSSR count). The SMILES string of the molecule is CCCN1CCC[C@H]2Cc3nc(N(C)C)sc3C[C@@H]21. The van der Waals surface area contributed by atoms with Gasteiger partial charge >= 0.3 is 0 Å². The van der Waals surface area contributed by atoms with Crippen molar-refractivity contribution in [3.8, 4) is 0 Å². The van der Waals surface area contributed by atoms with Gasteiger partial charge in [0.25, 0.3) is 0 Å². The van der Waals surface area contributed by atoms with Gasteiger partial charge in [0.1, 0.15) is 0 Å². The van der Waals surface area contributed by atoms with Gasteiger partial charge in [-0.1, -0.05) is 6.92 Å². The van der Waals surface area contributed by atoms with E-state index in [4.69, 9.17) is 4.98 Å². The molecule has 19 heavy (non-hydrogen) atoms. The van der Waals surface area contributed by atoms with Crippen LogP contribution in [0.25, 0.3) is 0 Å². The van der Waals surface area contributed by atoms with Crippen LogP contribution in [0.3, 0.4) is 0 Å². The Morgan fingerprint density at radius 3 is 2.95 bits per heavy atom. The molecule has 0 amide bonds. The summed E-state index contributed by atoms with van der Waals surface area (Å²) in [5.41, 5.74) is 1.40. The molecular formula is C15H25N3S. The second-order valence-electron chi connectivity index (χ2n) is 6.17. The second kappa shape index (κ2) is 5.41. The Morgan fingerprint density at radius 2 is 2.21 bits per heavy atom. The number of hydrogen-bond donors (Lipinski definition) is 0. The van der Waals surface area contributed by atoms with E-state index >= 15 is 0 Å². The molecule has 4 heteroatoms. The highest BCUT2D eigenvalue weighted by atomic mass is 32.1. The molecule has 3 nitrogen and oxygen atoms in total. The van der Waals surface area contributed by atoms with Crippen molar-refractivity contribution in [1.29, 1.82) is 0 Å². The lowest BCUT2D eigenvalue weighted by atomic mass is 9.79. The summed E-state index contributed by atoms with van der Waals surface area (Å²) in [6, 6.07) is 0.789. The van der Waals surface area contributed by atoms with Crippen LogP contribution in [0.15, 0.2) is 0 Å². The first-order valence-electron chi connectivity index (χ1n) is 7.59. The lowest BCUT2D eigenvalue weighted by Crippen LogP contribution is -2.49. The standard InChI is InChI=1S/C15H25N3S/c1-4-7-18-8-5-6-11-9-12-14(10-13(11)18)19-15(16-12)17(2)3/h11,13H,4-10H2,1-3H3/t11-,13-/m0/s1. The maximum atomic E-state index is 4.84. The average molecular weight is 279 g/mol. The Labute approximate surface area is 120 Å². The number of thiazole rings is 1. The molecular weight excluding hydrogens is 254 g/mol. The van der Waals surface area contributed by atoms with E-state index in [9.17, 15) is 0 Å². The Bertz CT molecular complexity index is 439. The highest BCUT2D eigenvalue weighted by molar-refractivity contribution is 7.15. The zero-order valence-corrected chi connectivity index (χ0v) is 13.2. The fourth-order valence-corrected chi connectivity index (χ4v) is 4.69.